The molecule has 0 radical (unpaired) electrons. The number of benzene rings is 1. The van der Waals surface area contributed by atoms with Crippen molar-refractivity contribution in [2.24, 2.45) is 0 Å². The molecule has 1 heterocycles. The normalized spacial score (nSPS) is 19.6. The number of aryl methyl sites for hydroxylation is 1. The van der Waals surface area contributed by atoms with E-state index in [0.29, 0.717) is 0 Å². The maximum atomic E-state index is 8.81. The topological polar surface area (TPSA) is 35.5 Å². The van der Waals surface area contributed by atoms with Crippen LogP contribution in [0.15, 0.2) is 24.3 Å². The number of carbonyl (C=O) groups excluding carboxylic acids is 1. The quantitative estimate of drug-likeness (QED) is 0.576. The Labute approximate surface area is 116 Å². The summed E-state index contributed by atoms with van der Waals surface area (Å²) in [6.45, 7) is 11.8. The van der Waals surface area contributed by atoms with Gasteiger partial charge < -0.3 is 14.1 Å². The fourth-order valence-corrected chi connectivity index (χ4v) is 1.70. The van der Waals surface area contributed by atoms with Crippen molar-refractivity contribution in [2.45, 2.75) is 52.7 Å². The Morgan fingerprint density at radius 3 is 1.74 bits per heavy atom. The standard InChI is InChI=1S/C13H19BO2.C2H4O/c1-10-6-8-11(9-7-10)14-15-12(2,3)13(4,5)16-14;1-2-3/h6-9H,1-5H3;2H,1H3. The molecule has 0 spiro atoms. The molecule has 1 aliphatic rings. The van der Waals surface area contributed by atoms with Crippen molar-refractivity contribution >= 4 is 18.9 Å². The van der Waals surface area contributed by atoms with Gasteiger partial charge in [0.25, 0.3) is 0 Å². The molecule has 0 N–H and O–H groups in total. The molecule has 0 unspecified atom stereocenters. The van der Waals surface area contributed by atoms with Crippen LogP contribution in [0.25, 0.3) is 0 Å². The van der Waals surface area contributed by atoms with Gasteiger partial charge in [0, 0.05) is 0 Å². The van der Waals surface area contributed by atoms with Gasteiger partial charge >= 0.3 is 7.12 Å². The first kappa shape index (κ1) is 15.9. The van der Waals surface area contributed by atoms with Crippen molar-refractivity contribution in [1.82, 2.24) is 0 Å². The summed E-state index contributed by atoms with van der Waals surface area (Å²) >= 11 is 0. The van der Waals surface area contributed by atoms with Crippen molar-refractivity contribution in [2.75, 3.05) is 0 Å². The highest BCUT2D eigenvalue weighted by atomic mass is 16.7. The van der Waals surface area contributed by atoms with Gasteiger partial charge in [-0.3, -0.25) is 0 Å². The maximum absolute atomic E-state index is 8.81. The molecule has 4 heteroatoms. The van der Waals surface area contributed by atoms with Crippen LogP contribution in [0, 0.1) is 6.92 Å². The van der Waals surface area contributed by atoms with E-state index in [0.717, 1.165) is 11.7 Å². The van der Waals surface area contributed by atoms with Gasteiger partial charge in [-0.25, -0.2) is 0 Å². The Hall–Kier alpha value is -1.13. The number of aldehydes is 1. The van der Waals surface area contributed by atoms with E-state index < -0.39 is 0 Å². The van der Waals surface area contributed by atoms with E-state index in [2.05, 4.69) is 58.9 Å². The summed E-state index contributed by atoms with van der Waals surface area (Å²) in [6, 6.07) is 8.30. The first-order valence-corrected chi connectivity index (χ1v) is 6.55. The predicted molar refractivity (Wildman–Crippen MR) is 78.6 cm³/mol. The summed E-state index contributed by atoms with van der Waals surface area (Å²) in [6.07, 6.45) is 0.750. The SMILES string of the molecule is CC=O.Cc1ccc(B2OC(C)(C)C(C)(C)O2)cc1. The molecule has 104 valence electrons. The summed E-state index contributed by atoms with van der Waals surface area (Å²) < 4.78 is 11.9. The van der Waals surface area contributed by atoms with Crippen LogP contribution in [0.1, 0.15) is 40.2 Å². The molecular formula is C15H23BO3. The maximum Gasteiger partial charge on any atom is 0.494 e. The van der Waals surface area contributed by atoms with E-state index in [1.54, 1.807) is 0 Å². The Morgan fingerprint density at radius 2 is 1.37 bits per heavy atom. The molecule has 1 aliphatic heterocycles. The van der Waals surface area contributed by atoms with Crippen LogP contribution in [-0.2, 0) is 14.1 Å². The minimum absolute atomic E-state index is 0.245. The van der Waals surface area contributed by atoms with E-state index in [1.165, 1.54) is 12.5 Å². The molecule has 0 aliphatic carbocycles. The van der Waals surface area contributed by atoms with Crippen molar-refractivity contribution < 1.29 is 14.1 Å². The van der Waals surface area contributed by atoms with Crippen molar-refractivity contribution in [3.05, 3.63) is 29.8 Å². The van der Waals surface area contributed by atoms with Gasteiger partial charge in [0.15, 0.2) is 0 Å². The van der Waals surface area contributed by atoms with E-state index in [-0.39, 0.29) is 18.3 Å². The zero-order valence-corrected chi connectivity index (χ0v) is 12.7. The van der Waals surface area contributed by atoms with Gasteiger partial charge in [-0.1, -0.05) is 29.8 Å². The molecule has 0 saturated carbocycles. The summed E-state index contributed by atoms with van der Waals surface area (Å²) in [7, 11) is -0.245. The highest BCUT2D eigenvalue weighted by molar-refractivity contribution is 6.62. The molecule has 1 saturated heterocycles. The van der Waals surface area contributed by atoms with Crippen LogP contribution >= 0.6 is 0 Å². The summed E-state index contributed by atoms with van der Waals surface area (Å²) in [4.78, 5) is 8.81. The molecule has 1 fully saturated rings. The smallest absolute Gasteiger partial charge is 0.399 e. The molecule has 1 aromatic rings. The minimum atomic E-state index is -0.261. The lowest BCUT2D eigenvalue weighted by atomic mass is 9.79. The van der Waals surface area contributed by atoms with Gasteiger partial charge in [0.2, 0.25) is 0 Å². The lowest BCUT2D eigenvalue weighted by Gasteiger charge is -2.32. The second-order valence-corrected chi connectivity index (χ2v) is 5.73. The number of hydrogen-bond acceptors (Lipinski definition) is 3. The zero-order valence-electron chi connectivity index (χ0n) is 12.7. The molecule has 19 heavy (non-hydrogen) atoms. The van der Waals surface area contributed by atoms with Crippen LogP contribution in [0.5, 0.6) is 0 Å². The molecule has 0 atom stereocenters. The fraction of sp³-hybridized carbons (Fsp3) is 0.533. The molecule has 0 bridgehead atoms. The third-order valence-electron chi connectivity index (χ3n) is 3.60. The average molecular weight is 262 g/mol. The third-order valence-corrected chi connectivity index (χ3v) is 3.60. The van der Waals surface area contributed by atoms with Crippen LogP contribution in [0.4, 0.5) is 0 Å². The van der Waals surface area contributed by atoms with Crippen LogP contribution in [0.2, 0.25) is 0 Å². The number of hydrogen-bond donors (Lipinski definition) is 0. The first-order chi connectivity index (χ1) is 8.73. The van der Waals surface area contributed by atoms with Gasteiger partial charge in [-0.15, -0.1) is 0 Å². The van der Waals surface area contributed by atoms with Gasteiger partial charge in [-0.05, 0) is 47.0 Å². The summed E-state index contributed by atoms with van der Waals surface area (Å²) in [5.74, 6) is 0. The Morgan fingerprint density at radius 1 is 1.00 bits per heavy atom. The summed E-state index contributed by atoms with van der Waals surface area (Å²) in [5, 5.41) is 0. The van der Waals surface area contributed by atoms with Crippen LogP contribution in [-0.4, -0.2) is 24.6 Å². The molecule has 2 rings (SSSR count). The lowest BCUT2D eigenvalue weighted by molar-refractivity contribution is -0.106. The van der Waals surface area contributed by atoms with Gasteiger partial charge in [0.1, 0.15) is 6.29 Å². The lowest BCUT2D eigenvalue weighted by Crippen LogP contribution is -2.41. The molecule has 0 aromatic heterocycles. The fourth-order valence-electron chi connectivity index (χ4n) is 1.70. The van der Waals surface area contributed by atoms with Crippen LogP contribution < -0.4 is 5.46 Å². The monoisotopic (exact) mass is 262 g/mol. The highest BCUT2D eigenvalue weighted by Gasteiger charge is 2.51. The Kier molecular flexibility index (Phi) is 4.94. The first-order valence-electron chi connectivity index (χ1n) is 6.55. The minimum Gasteiger partial charge on any atom is -0.399 e. The van der Waals surface area contributed by atoms with Crippen LogP contribution in [0.3, 0.4) is 0 Å². The Balaban J connectivity index is 0.000000550. The van der Waals surface area contributed by atoms with E-state index >= 15 is 0 Å². The largest absolute Gasteiger partial charge is 0.494 e. The number of rotatable bonds is 1. The zero-order chi connectivity index (χ0) is 14.7. The molecular weight excluding hydrogens is 239 g/mol. The van der Waals surface area contributed by atoms with E-state index in [1.807, 2.05) is 0 Å². The molecule has 0 amide bonds. The second kappa shape index (κ2) is 5.89. The third kappa shape index (κ3) is 3.67. The van der Waals surface area contributed by atoms with Gasteiger partial charge in [0.05, 0.1) is 11.2 Å². The predicted octanol–water partition coefficient (Wildman–Crippen LogP) is 2.50. The van der Waals surface area contributed by atoms with Crippen molar-refractivity contribution in [3.63, 3.8) is 0 Å². The highest BCUT2D eigenvalue weighted by Crippen LogP contribution is 2.36. The van der Waals surface area contributed by atoms with Crippen molar-refractivity contribution in [1.29, 1.82) is 0 Å². The summed E-state index contributed by atoms with van der Waals surface area (Å²) in [5.41, 5.74) is 1.81. The number of carbonyl (C=O) groups is 1. The molecule has 1 aromatic carbocycles. The average Bonchev–Trinajstić information content (AvgIpc) is 2.50. The Bertz CT molecular complexity index is 408. The second-order valence-electron chi connectivity index (χ2n) is 5.73. The van der Waals surface area contributed by atoms with Gasteiger partial charge in [-0.2, -0.15) is 0 Å². The van der Waals surface area contributed by atoms with E-state index in [4.69, 9.17) is 14.1 Å². The van der Waals surface area contributed by atoms with E-state index in [9.17, 15) is 0 Å². The molecule has 3 nitrogen and oxygen atoms in total. The van der Waals surface area contributed by atoms with Crippen molar-refractivity contribution in [3.8, 4) is 0 Å².